The minimum Gasteiger partial charge on any atom is -0.368 e. The van der Waals surface area contributed by atoms with E-state index in [1.165, 1.54) is 11.3 Å². The molecule has 2 aromatic rings. The normalized spacial score (nSPS) is 14.3. The van der Waals surface area contributed by atoms with E-state index in [1.807, 2.05) is 41.5 Å². The fraction of sp³-hybridized carbons (Fsp3) is 0.364. The monoisotopic (exact) mass is 382 g/mol. The number of para-hydroxylation sites is 1. The molecule has 1 aliphatic rings. The first-order chi connectivity index (χ1) is 13.1. The lowest BCUT2D eigenvalue weighted by molar-refractivity contribution is -0.131. The zero-order chi connectivity index (χ0) is 19.2. The van der Waals surface area contributed by atoms with Gasteiger partial charge >= 0.3 is 0 Å². The number of carbonyl (C=O) groups excluding carboxylic acids is 2. The van der Waals surface area contributed by atoms with Crippen LogP contribution < -0.4 is 4.90 Å². The maximum absolute atomic E-state index is 12.5. The van der Waals surface area contributed by atoms with Crippen molar-refractivity contribution in [3.63, 3.8) is 0 Å². The number of amides is 1. The molecule has 0 saturated carbocycles. The zero-order valence-corrected chi connectivity index (χ0v) is 16.8. The van der Waals surface area contributed by atoms with E-state index in [0.29, 0.717) is 18.7 Å². The van der Waals surface area contributed by atoms with Gasteiger partial charge in [0.25, 0.3) is 0 Å². The Morgan fingerprint density at radius 1 is 0.926 bits per heavy atom. The lowest BCUT2D eigenvalue weighted by atomic mass is 10.1. The molecule has 1 fully saturated rings. The summed E-state index contributed by atoms with van der Waals surface area (Å²) in [7, 11) is 0. The summed E-state index contributed by atoms with van der Waals surface area (Å²) < 4.78 is 0. The molecule has 0 N–H and O–H groups in total. The Balaban J connectivity index is 1.48. The van der Waals surface area contributed by atoms with Crippen molar-refractivity contribution in [3.8, 4) is 0 Å². The van der Waals surface area contributed by atoms with Gasteiger partial charge in [-0.05, 0) is 36.9 Å². The largest absolute Gasteiger partial charge is 0.368 e. The highest BCUT2D eigenvalue weighted by atomic mass is 32.2. The van der Waals surface area contributed by atoms with Crippen LogP contribution >= 0.6 is 11.8 Å². The second-order valence-electron chi connectivity index (χ2n) is 6.81. The van der Waals surface area contributed by atoms with Gasteiger partial charge in [0.1, 0.15) is 0 Å². The molecule has 0 atom stereocenters. The van der Waals surface area contributed by atoms with Gasteiger partial charge in [0, 0.05) is 55.2 Å². The molecule has 27 heavy (non-hydrogen) atoms. The average Bonchev–Trinajstić information content (AvgIpc) is 2.72. The smallest absolute Gasteiger partial charge is 0.223 e. The van der Waals surface area contributed by atoms with E-state index in [4.69, 9.17) is 0 Å². The topological polar surface area (TPSA) is 40.6 Å². The fourth-order valence-electron chi connectivity index (χ4n) is 3.41. The van der Waals surface area contributed by atoms with Gasteiger partial charge in [0.15, 0.2) is 5.78 Å². The van der Waals surface area contributed by atoms with Crippen LogP contribution in [0.25, 0.3) is 0 Å². The van der Waals surface area contributed by atoms with Crippen LogP contribution in [0.3, 0.4) is 0 Å². The number of nitrogens with zero attached hydrogens (tertiary/aromatic N) is 2. The van der Waals surface area contributed by atoms with Crippen molar-refractivity contribution in [2.75, 3.05) is 37.3 Å². The first kappa shape index (κ1) is 19.5. The molecule has 1 aliphatic heterocycles. The lowest BCUT2D eigenvalue weighted by Crippen LogP contribution is -2.49. The van der Waals surface area contributed by atoms with Gasteiger partial charge in [-0.3, -0.25) is 9.59 Å². The van der Waals surface area contributed by atoms with E-state index in [2.05, 4.69) is 30.0 Å². The van der Waals surface area contributed by atoms with E-state index >= 15 is 0 Å². The number of Topliss-reactive ketones (excluding diaryl/α,β-unsaturated/α-hetero) is 1. The van der Waals surface area contributed by atoms with Gasteiger partial charge in [-0.2, -0.15) is 0 Å². The van der Waals surface area contributed by atoms with Crippen LogP contribution in [0.5, 0.6) is 0 Å². The van der Waals surface area contributed by atoms with E-state index in [-0.39, 0.29) is 24.5 Å². The van der Waals surface area contributed by atoms with Gasteiger partial charge in [0.2, 0.25) is 5.91 Å². The number of aryl methyl sites for hydroxylation is 1. The molecule has 4 nitrogen and oxygen atoms in total. The third-order valence-electron chi connectivity index (χ3n) is 5.07. The summed E-state index contributed by atoms with van der Waals surface area (Å²) in [5.41, 5.74) is 3.19. The van der Waals surface area contributed by atoms with Gasteiger partial charge in [-0.25, -0.2) is 0 Å². The number of carbonyl (C=O) groups is 2. The zero-order valence-electron chi connectivity index (χ0n) is 16.0. The first-order valence-electron chi connectivity index (χ1n) is 9.34. The van der Waals surface area contributed by atoms with Gasteiger partial charge in [-0.1, -0.05) is 30.3 Å². The molecular formula is C22H26N2O2S. The van der Waals surface area contributed by atoms with Crippen molar-refractivity contribution in [1.82, 2.24) is 4.90 Å². The summed E-state index contributed by atoms with van der Waals surface area (Å²) in [6.45, 7) is 5.21. The van der Waals surface area contributed by atoms with Crippen LogP contribution in [0.4, 0.5) is 5.69 Å². The highest BCUT2D eigenvalue weighted by Gasteiger charge is 2.22. The molecule has 0 aromatic heterocycles. The number of ketones is 1. The molecular weight excluding hydrogens is 356 g/mol. The summed E-state index contributed by atoms with van der Waals surface area (Å²) in [6.07, 6.45) is 2.57. The van der Waals surface area contributed by atoms with Gasteiger partial charge in [-0.15, -0.1) is 11.8 Å². The quantitative estimate of drug-likeness (QED) is 0.559. The summed E-state index contributed by atoms with van der Waals surface area (Å²) in [5, 5.41) is 0. The highest BCUT2D eigenvalue weighted by Crippen LogP contribution is 2.21. The summed E-state index contributed by atoms with van der Waals surface area (Å²) in [5.74, 6) is 0.114. The van der Waals surface area contributed by atoms with E-state index in [9.17, 15) is 9.59 Å². The number of benzene rings is 2. The second kappa shape index (κ2) is 9.09. The molecule has 1 heterocycles. The molecule has 142 valence electrons. The van der Waals surface area contributed by atoms with Crippen LogP contribution in [0.1, 0.15) is 28.8 Å². The first-order valence-corrected chi connectivity index (χ1v) is 10.6. The van der Waals surface area contributed by atoms with Gasteiger partial charge in [0.05, 0.1) is 0 Å². The van der Waals surface area contributed by atoms with Crippen LogP contribution in [-0.4, -0.2) is 49.0 Å². The summed E-state index contributed by atoms with van der Waals surface area (Å²) in [6, 6.07) is 15.9. The maximum Gasteiger partial charge on any atom is 0.223 e. The Hall–Kier alpha value is -2.27. The Morgan fingerprint density at radius 3 is 2.22 bits per heavy atom. The van der Waals surface area contributed by atoms with Crippen LogP contribution in [0.2, 0.25) is 0 Å². The van der Waals surface area contributed by atoms with Crippen LogP contribution in [0, 0.1) is 6.92 Å². The Bertz CT molecular complexity index is 796. The molecule has 0 radical (unpaired) electrons. The van der Waals surface area contributed by atoms with E-state index in [1.54, 1.807) is 11.8 Å². The molecule has 0 aliphatic carbocycles. The number of anilines is 1. The highest BCUT2D eigenvalue weighted by molar-refractivity contribution is 7.98. The molecule has 3 rings (SSSR count). The number of thioether (sulfide) groups is 1. The summed E-state index contributed by atoms with van der Waals surface area (Å²) >= 11 is 1.65. The molecule has 1 amide bonds. The third-order valence-corrected chi connectivity index (χ3v) is 5.81. The number of piperazine rings is 1. The third kappa shape index (κ3) is 4.92. The van der Waals surface area contributed by atoms with E-state index < -0.39 is 0 Å². The Kier molecular flexibility index (Phi) is 6.56. The summed E-state index contributed by atoms with van der Waals surface area (Å²) in [4.78, 5) is 30.2. The Morgan fingerprint density at radius 2 is 1.59 bits per heavy atom. The number of hydrogen-bond donors (Lipinski definition) is 0. The number of hydrogen-bond acceptors (Lipinski definition) is 4. The molecule has 0 unspecified atom stereocenters. The number of rotatable bonds is 6. The predicted octanol–water partition coefficient (Wildman–Crippen LogP) is 4.03. The van der Waals surface area contributed by atoms with E-state index in [0.717, 1.165) is 18.0 Å². The maximum atomic E-state index is 12.5. The van der Waals surface area contributed by atoms with Crippen LogP contribution in [0.15, 0.2) is 53.4 Å². The minimum absolute atomic E-state index is 0.0366. The molecule has 0 spiro atoms. The molecule has 1 saturated heterocycles. The predicted molar refractivity (Wildman–Crippen MR) is 112 cm³/mol. The van der Waals surface area contributed by atoms with Crippen molar-refractivity contribution in [1.29, 1.82) is 0 Å². The SMILES string of the molecule is CSc1ccc(C(=O)CCC(=O)N2CCN(c3ccccc3C)CC2)cc1. The van der Waals surface area contributed by atoms with Crippen molar-refractivity contribution in [2.45, 2.75) is 24.7 Å². The molecule has 0 bridgehead atoms. The van der Waals surface area contributed by atoms with Crippen molar-refractivity contribution in [3.05, 3.63) is 59.7 Å². The fourth-order valence-corrected chi connectivity index (χ4v) is 3.82. The van der Waals surface area contributed by atoms with Crippen molar-refractivity contribution < 1.29 is 9.59 Å². The minimum atomic E-state index is 0.0366. The average molecular weight is 383 g/mol. The second-order valence-corrected chi connectivity index (χ2v) is 7.69. The standard InChI is InChI=1S/C22H26N2O2S/c1-17-5-3-4-6-20(17)23-13-15-24(16-14-23)22(26)12-11-21(25)18-7-9-19(27-2)10-8-18/h3-10H,11-16H2,1-2H3. The van der Waals surface area contributed by atoms with Crippen LogP contribution in [-0.2, 0) is 4.79 Å². The molecule has 2 aromatic carbocycles. The lowest BCUT2D eigenvalue weighted by Gasteiger charge is -2.36. The van der Waals surface area contributed by atoms with Gasteiger partial charge < -0.3 is 9.80 Å². The Labute approximate surface area is 165 Å². The molecule has 5 heteroatoms. The van der Waals surface area contributed by atoms with Crippen molar-refractivity contribution >= 4 is 29.1 Å². The van der Waals surface area contributed by atoms with Crippen molar-refractivity contribution in [2.24, 2.45) is 0 Å².